The van der Waals surface area contributed by atoms with Crippen LogP contribution < -0.4 is 0 Å². The van der Waals surface area contributed by atoms with E-state index >= 15 is 0 Å². The molecule has 2 aromatic rings. The summed E-state index contributed by atoms with van der Waals surface area (Å²) in [5.41, 5.74) is 3.55. The van der Waals surface area contributed by atoms with Gasteiger partial charge in [-0.3, -0.25) is 14.7 Å². The number of aromatic nitrogens is 2. The molecule has 0 unspecified atom stereocenters. The number of aryl methyl sites for hydroxylation is 2. The van der Waals surface area contributed by atoms with Gasteiger partial charge in [-0.25, -0.2) is 5.06 Å². The summed E-state index contributed by atoms with van der Waals surface area (Å²) in [4.78, 5) is 17.1. The highest BCUT2D eigenvalue weighted by Gasteiger charge is 2.20. The first kappa shape index (κ1) is 14.3. The summed E-state index contributed by atoms with van der Waals surface area (Å²) >= 11 is 0. The summed E-state index contributed by atoms with van der Waals surface area (Å²) in [6, 6.07) is 10.2. The first-order valence-electron chi connectivity index (χ1n) is 6.53. The second kappa shape index (κ2) is 6.34. The fraction of sp³-hybridized carbons (Fsp3) is 0.333. The van der Waals surface area contributed by atoms with Gasteiger partial charge in [-0.15, -0.1) is 0 Å². The lowest BCUT2D eigenvalue weighted by molar-refractivity contribution is -0.0761. The van der Waals surface area contributed by atoms with Crippen LogP contribution >= 0.6 is 0 Å². The van der Waals surface area contributed by atoms with Crippen LogP contribution in [0.2, 0.25) is 0 Å². The lowest BCUT2D eigenvalue weighted by atomic mass is 10.0. The van der Waals surface area contributed by atoms with Crippen LogP contribution in [0.4, 0.5) is 0 Å². The van der Waals surface area contributed by atoms with Crippen LogP contribution in [0, 0.1) is 6.92 Å². The highest BCUT2D eigenvalue weighted by atomic mass is 16.7. The van der Waals surface area contributed by atoms with Gasteiger partial charge in [-0.1, -0.05) is 30.3 Å². The van der Waals surface area contributed by atoms with E-state index in [1.54, 1.807) is 7.05 Å². The number of amides is 1. The standard InChI is InChI=1S/C15H19N3O2/c1-11-13(10-9-12-7-5-4-6-8-12)14(17-16-11)15(19)18(2)20-3/h4-8H,9-10H2,1-3H3,(H,16,17). The normalized spacial score (nSPS) is 10.6. The molecule has 0 bridgehead atoms. The predicted octanol–water partition coefficient (Wildman–Crippen LogP) is 2.14. The fourth-order valence-electron chi connectivity index (χ4n) is 2.08. The van der Waals surface area contributed by atoms with Crippen LogP contribution in [0.15, 0.2) is 30.3 Å². The van der Waals surface area contributed by atoms with Gasteiger partial charge in [-0.2, -0.15) is 5.10 Å². The van der Waals surface area contributed by atoms with Crippen LogP contribution in [0.25, 0.3) is 0 Å². The Morgan fingerprint density at radius 3 is 2.65 bits per heavy atom. The number of hydroxylamine groups is 2. The van der Waals surface area contributed by atoms with E-state index in [9.17, 15) is 4.79 Å². The van der Waals surface area contributed by atoms with Gasteiger partial charge in [0, 0.05) is 18.3 Å². The smallest absolute Gasteiger partial charge is 0.282 e. The first-order chi connectivity index (χ1) is 9.63. The van der Waals surface area contributed by atoms with E-state index in [0.29, 0.717) is 5.69 Å². The molecule has 0 saturated heterocycles. The Balaban J connectivity index is 2.15. The molecule has 0 radical (unpaired) electrons. The fourth-order valence-corrected chi connectivity index (χ4v) is 2.08. The van der Waals surface area contributed by atoms with Crippen molar-refractivity contribution in [2.24, 2.45) is 0 Å². The van der Waals surface area contributed by atoms with E-state index in [0.717, 1.165) is 24.1 Å². The summed E-state index contributed by atoms with van der Waals surface area (Å²) in [7, 11) is 3.04. The first-order valence-corrected chi connectivity index (χ1v) is 6.53. The van der Waals surface area contributed by atoms with Crippen molar-refractivity contribution in [3.8, 4) is 0 Å². The minimum atomic E-state index is -0.236. The van der Waals surface area contributed by atoms with Gasteiger partial charge in [0.15, 0.2) is 5.69 Å². The number of aromatic amines is 1. The topological polar surface area (TPSA) is 58.2 Å². The molecule has 0 spiro atoms. The van der Waals surface area contributed by atoms with Gasteiger partial charge < -0.3 is 0 Å². The highest BCUT2D eigenvalue weighted by molar-refractivity contribution is 5.93. The molecule has 5 heteroatoms. The molecule has 0 fully saturated rings. The number of rotatable bonds is 5. The number of hydrogen-bond acceptors (Lipinski definition) is 3. The molecular weight excluding hydrogens is 254 g/mol. The van der Waals surface area contributed by atoms with Crippen LogP contribution in [0.1, 0.15) is 27.3 Å². The molecule has 0 aliphatic heterocycles. The van der Waals surface area contributed by atoms with Crippen molar-refractivity contribution in [2.45, 2.75) is 19.8 Å². The van der Waals surface area contributed by atoms with E-state index in [1.165, 1.54) is 17.7 Å². The summed E-state index contributed by atoms with van der Waals surface area (Å²) < 4.78 is 0. The zero-order valence-electron chi connectivity index (χ0n) is 12.0. The van der Waals surface area contributed by atoms with Crippen molar-refractivity contribution in [1.82, 2.24) is 15.3 Å². The second-order valence-electron chi connectivity index (χ2n) is 4.65. The lowest BCUT2D eigenvalue weighted by Gasteiger charge is -2.13. The molecule has 1 aromatic heterocycles. The third-order valence-corrected chi connectivity index (χ3v) is 3.34. The monoisotopic (exact) mass is 273 g/mol. The van der Waals surface area contributed by atoms with E-state index in [4.69, 9.17) is 4.84 Å². The molecule has 2 rings (SSSR count). The maximum atomic E-state index is 12.1. The predicted molar refractivity (Wildman–Crippen MR) is 76.3 cm³/mol. The van der Waals surface area contributed by atoms with E-state index < -0.39 is 0 Å². The zero-order chi connectivity index (χ0) is 14.5. The molecule has 0 aliphatic carbocycles. The van der Waals surface area contributed by atoms with Crippen LogP contribution in [-0.2, 0) is 17.7 Å². The van der Waals surface area contributed by atoms with Crippen LogP contribution in [0.3, 0.4) is 0 Å². The lowest BCUT2D eigenvalue weighted by Crippen LogP contribution is -2.26. The van der Waals surface area contributed by atoms with Gasteiger partial charge in [0.25, 0.3) is 5.91 Å². The van der Waals surface area contributed by atoms with E-state index in [-0.39, 0.29) is 5.91 Å². The summed E-state index contributed by atoms with van der Waals surface area (Å²) in [5, 5.41) is 8.16. The van der Waals surface area contributed by atoms with Crippen molar-refractivity contribution < 1.29 is 9.63 Å². The molecule has 1 amide bonds. The molecule has 1 N–H and O–H groups in total. The third kappa shape index (κ3) is 3.05. The van der Waals surface area contributed by atoms with Crippen molar-refractivity contribution in [1.29, 1.82) is 0 Å². The maximum absolute atomic E-state index is 12.1. The molecule has 0 atom stereocenters. The van der Waals surface area contributed by atoms with Crippen molar-refractivity contribution >= 4 is 5.91 Å². The zero-order valence-corrected chi connectivity index (χ0v) is 12.0. The van der Waals surface area contributed by atoms with Crippen molar-refractivity contribution in [3.05, 3.63) is 52.8 Å². The van der Waals surface area contributed by atoms with Gasteiger partial charge in [0.1, 0.15) is 0 Å². The minimum Gasteiger partial charge on any atom is -0.282 e. The highest BCUT2D eigenvalue weighted by Crippen LogP contribution is 2.16. The quantitative estimate of drug-likeness (QED) is 0.849. The van der Waals surface area contributed by atoms with Gasteiger partial charge in [0.05, 0.1) is 7.11 Å². The number of benzene rings is 1. The molecular formula is C15H19N3O2. The Kier molecular flexibility index (Phi) is 4.53. The van der Waals surface area contributed by atoms with Crippen molar-refractivity contribution in [3.63, 3.8) is 0 Å². The summed E-state index contributed by atoms with van der Waals surface area (Å²) in [5.74, 6) is -0.236. The van der Waals surface area contributed by atoms with Gasteiger partial charge >= 0.3 is 0 Å². The molecule has 0 saturated carbocycles. The average molecular weight is 273 g/mol. The number of nitrogens with one attached hydrogen (secondary N) is 1. The Labute approximate surface area is 118 Å². The Bertz CT molecular complexity index is 578. The maximum Gasteiger partial charge on any atom is 0.297 e. The minimum absolute atomic E-state index is 0.236. The SMILES string of the molecule is CON(C)C(=O)c1n[nH]c(C)c1CCc1ccccc1. The average Bonchev–Trinajstić information content (AvgIpc) is 2.85. The third-order valence-electron chi connectivity index (χ3n) is 3.34. The number of nitrogens with zero attached hydrogens (tertiary/aromatic N) is 2. The molecule has 5 nitrogen and oxygen atoms in total. The van der Waals surface area contributed by atoms with Gasteiger partial charge in [-0.05, 0) is 25.3 Å². The Morgan fingerprint density at radius 1 is 1.30 bits per heavy atom. The molecule has 1 aromatic carbocycles. The largest absolute Gasteiger partial charge is 0.297 e. The number of carbonyl (C=O) groups is 1. The Morgan fingerprint density at radius 2 is 2.00 bits per heavy atom. The van der Waals surface area contributed by atoms with Gasteiger partial charge in [0.2, 0.25) is 0 Å². The number of carbonyl (C=O) groups excluding carboxylic acids is 1. The molecule has 1 heterocycles. The molecule has 0 aliphatic rings. The number of H-pyrrole nitrogens is 1. The van der Waals surface area contributed by atoms with Crippen molar-refractivity contribution in [2.75, 3.05) is 14.2 Å². The summed E-state index contributed by atoms with van der Waals surface area (Å²) in [6.07, 6.45) is 1.64. The van der Waals surface area contributed by atoms with Crippen LogP contribution in [0.5, 0.6) is 0 Å². The van der Waals surface area contributed by atoms with E-state index in [1.807, 2.05) is 25.1 Å². The Hall–Kier alpha value is -2.14. The summed E-state index contributed by atoms with van der Waals surface area (Å²) in [6.45, 7) is 1.93. The molecule has 20 heavy (non-hydrogen) atoms. The van der Waals surface area contributed by atoms with E-state index in [2.05, 4.69) is 22.3 Å². The molecule has 106 valence electrons. The number of hydrogen-bond donors (Lipinski definition) is 1. The second-order valence-corrected chi connectivity index (χ2v) is 4.65. The van der Waals surface area contributed by atoms with Crippen LogP contribution in [-0.4, -0.2) is 35.3 Å².